The van der Waals surface area contributed by atoms with Crippen LogP contribution in [0.1, 0.15) is 18.4 Å². The van der Waals surface area contributed by atoms with Crippen molar-refractivity contribution in [3.8, 4) is 0 Å². The molecule has 1 aromatic rings. The molecule has 2 heterocycles. The van der Waals surface area contributed by atoms with Gasteiger partial charge in [-0.3, -0.25) is 4.79 Å². The predicted molar refractivity (Wildman–Crippen MR) is 80.4 cm³/mol. The van der Waals surface area contributed by atoms with E-state index in [2.05, 4.69) is 4.84 Å². The molecular formula is C16H13F7N2O4. The number of rotatable bonds is 2. The Labute approximate surface area is 158 Å². The van der Waals surface area contributed by atoms with E-state index in [1.165, 1.54) is 0 Å². The zero-order chi connectivity index (χ0) is 21.7. The van der Waals surface area contributed by atoms with Crippen molar-refractivity contribution >= 4 is 17.6 Å². The van der Waals surface area contributed by atoms with Crippen LogP contribution in [0.3, 0.4) is 0 Å². The Morgan fingerprint density at radius 3 is 2.24 bits per heavy atom. The Bertz CT molecular complexity index is 824. The van der Waals surface area contributed by atoms with Gasteiger partial charge in [0.05, 0.1) is 29.4 Å². The van der Waals surface area contributed by atoms with E-state index < -0.39 is 65.5 Å². The zero-order valence-corrected chi connectivity index (χ0v) is 14.3. The predicted octanol–water partition coefficient (Wildman–Crippen LogP) is 2.70. The molecule has 2 saturated heterocycles. The summed E-state index contributed by atoms with van der Waals surface area (Å²) >= 11 is 0. The van der Waals surface area contributed by atoms with Crippen molar-refractivity contribution in [3.05, 3.63) is 29.6 Å². The van der Waals surface area contributed by atoms with Crippen LogP contribution in [0.2, 0.25) is 0 Å². The highest BCUT2D eigenvalue weighted by molar-refractivity contribution is 5.96. The molecule has 29 heavy (non-hydrogen) atoms. The van der Waals surface area contributed by atoms with Gasteiger partial charge in [0.1, 0.15) is 5.82 Å². The first-order valence-corrected chi connectivity index (χ1v) is 8.21. The number of carbonyl (C=O) groups excluding carboxylic acids is 2. The molecular weight excluding hydrogens is 417 g/mol. The molecule has 1 aromatic carbocycles. The van der Waals surface area contributed by atoms with E-state index in [9.17, 15) is 40.3 Å². The summed E-state index contributed by atoms with van der Waals surface area (Å²) in [5.41, 5.74) is 3.07. The van der Waals surface area contributed by atoms with Crippen molar-refractivity contribution in [1.29, 1.82) is 0 Å². The first kappa shape index (κ1) is 21.3. The summed E-state index contributed by atoms with van der Waals surface area (Å²) in [6, 6.07) is -0.0323. The molecule has 2 aliphatic heterocycles. The van der Waals surface area contributed by atoms with E-state index in [-0.39, 0.29) is 17.2 Å². The number of alkyl halides is 6. The number of fused-ring (bicyclic) bond motifs is 2. The van der Waals surface area contributed by atoms with Gasteiger partial charge in [0.15, 0.2) is 0 Å². The Balaban J connectivity index is 2.00. The smallest absolute Gasteiger partial charge is 0.372 e. The molecule has 2 fully saturated rings. The number of hydrogen-bond donors (Lipinski definition) is 1. The third kappa shape index (κ3) is 4.01. The lowest BCUT2D eigenvalue weighted by atomic mass is 9.84. The fraction of sp³-hybridized carbons (Fsp3) is 0.500. The van der Waals surface area contributed by atoms with Crippen LogP contribution < -0.4 is 10.8 Å². The molecule has 13 heteroatoms. The Kier molecular flexibility index (Phi) is 5.24. The average Bonchev–Trinajstić information content (AvgIpc) is 3.19. The summed E-state index contributed by atoms with van der Waals surface area (Å²) < 4.78 is 95.7. The number of hydroxylamine groups is 1. The second kappa shape index (κ2) is 7.13. The Morgan fingerprint density at radius 1 is 1.10 bits per heavy atom. The summed E-state index contributed by atoms with van der Waals surface area (Å²) in [6.45, 7) is 0. The van der Waals surface area contributed by atoms with Crippen molar-refractivity contribution in [3.63, 3.8) is 0 Å². The molecule has 3 rings (SSSR count). The van der Waals surface area contributed by atoms with Crippen molar-refractivity contribution in [1.82, 2.24) is 0 Å². The lowest BCUT2D eigenvalue weighted by molar-refractivity contribution is -0.202. The van der Waals surface area contributed by atoms with Crippen LogP contribution in [0, 0.1) is 11.7 Å². The van der Waals surface area contributed by atoms with E-state index in [1.807, 2.05) is 0 Å². The van der Waals surface area contributed by atoms with Gasteiger partial charge in [0, 0.05) is 6.04 Å². The first-order chi connectivity index (χ1) is 13.3. The Morgan fingerprint density at radius 2 is 1.72 bits per heavy atom. The standard InChI is InChI=1S/C16H13F7N2O4/c17-8-2-1-6(5-7(8)15(18,19)20)25(29-14(27)16(21,22)23)13(26)11-9-3-4-10(28-9)12(11)24/h1-2,5,9-12H,3-4,24H2/t9-,10+,11+,12-/m1/s1. The fourth-order valence-electron chi connectivity index (χ4n) is 3.39. The number of halogens is 7. The molecule has 0 saturated carbocycles. The van der Waals surface area contributed by atoms with Crippen LogP contribution in [0.4, 0.5) is 36.4 Å². The van der Waals surface area contributed by atoms with Gasteiger partial charge in [-0.05, 0) is 31.0 Å². The number of ether oxygens (including phenoxy) is 1. The maximum Gasteiger partial charge on any atom is 0.493 e. The maximum absolute atomic E-state index is 13.5. The molecule has 2 aliphatic rings. The topological polar surface area (TPSA) is 81.9 Å². The van der Waals surface area contributed by atoms with Gasteiger partial charge in [-0.15, -0.1) is 5.06 Å². The molecule has 4 atom stereocenters. The summed E-state index contributed by atoms with van der Waals surface area (Å²) in [4.78, 5) is 28.1. The molecule has 0 aromatic heterocycles. The minimum absolute atomic E-state index is 0.0659. The summed E-state index contributed by atoms with van der Waals surface area (Å²) in [7, 11) is 0. The van der Waals surface area contributed by atoms with Crippen molar-refractivity contribution in [2.24, 2.45) is 11.7 Å². The third-order valence-electron chi connectivity index (χ3n) is 4.71. The Hall–Kier alpha value is -2.41. The molecule has 0 radical (unpaired) electrons. The summed E-state index contributed by atoms with van der Waals surface area (Å²) in [5, 5.41) is -0.237. The van der Waals surface area contributed by atoms with Gasteiger partial charge >= 0.3 is 18.3 Å². The fourth-order valence-corrected chi connectivity index (χ4v) is 3.39. The molecule has 0 unspecified atom stereocenters. The zero-order valence-electron chi connectivity index (χ0n) is 14.3. The number of nitrogens with two attached hydrogens (primary N) is 1. The third-order valence-corrected chi connectivity index (χ3v) is 4.71. The normalized spacial score (nSPS) is 26.5. The molecule has 160 valence electrons. The van der Waals surface area contributed by atoms with E-state index in [1.54, 1.807) is 0 Å². The summed E-state index contributed by atoms with van der Waals surface area (Å²) in [5.74, 6) is -7.13. The highest BCUT2D eigenvalue weighted by Gasteiger charge is 2.53. The number of anilines is 1. The summed E-state index contributed by atoms with van der Waals surface area (Å²) in [6.07, 6.45) is -11.3. The molecule has 0 aliphatic carbocycles. The lowest BCUT2D eigenvalue weighted by Crippen LogP contribution is -2.51. The monoisotopic (exact) mass is 430 g/mol. The van der Waals surface area contributed by atoms with Gasteiger partial charge < -0.3 is 15.3 Å². The maximum atomic E-state index is 13.5. The van der Waals surface area contributed by atoms with E-state index in [0.29, 0.717) is 18.9 Å². The average molecular weight is 430 g/mol. The molecule has 6 nitrogen and oxygen atoms in total. The van der Waals surface area contributed by atoms with Crippen molar-refractivity contribution < 1.29 is 49.9 Å². The van der Waals surface area contributed by atoms with Crippen LogP contribution >= 0.6 is 0 Å². The van der Waals surface area contributed by atoms with Gasteiger partial charge in [0.2, 0.25) is 0 Å². The van der Waals surface area contributed by atoms with Crippen LogP contribution in [-0.2, 0) is 25.3 Å². The highest BCUT2D eigenvalue weighted by atomic mass is 19.4. The van der Waals surface area contributed by atoms with Crippen LogP contribution in [0.5, 0.6) is 0 Å². The number of hydrogen-bond acceptors (Lipinski definition) is 5. The van der Waals surface area contributed by atoms with Gasteiger partial charge in [-0.25, -0.2) is 9.18 Å². The van der Waals surface area contributed by atoms with E-state index >= 15 is 0 Å². The molecule has 2 bridgehead atoms. The number of amides is 1. The van der Waals surface area contributed by atoms with Crippen LogP contribution in [-0.4, -0.2) is 36.3 Å². The minimum Gasteiger partial charge on any atom is -0.372 e. The highest BCUT2D eigenvalue weighted by Crippen LogP contribution is 2.40. The number of benzene rings is 1. The molecule has 1 amide bonds. The second-order valence-electron chi connectivity index (χ2n) is 6.56. The lowest BCUT2D eigenvalue weighted by Gasteiger charge is -2.29. The molecule has 2 N–H and O–H groups in total. The second-order valence-corrected chi connectivity index (χ2v) is 6.56. The molecule has 0 spiro atoms. The van der Waals surface area contributed by atoms with Gasteiger partial charge in [-0.1, -0.05) is 0 Å². The van der Waals surface area contributed by atoms with E-state index in [4.69, 9.17) is 10.5 Å². The van der Waals surface area contributed by atoms with Crippen molar-refractivity contribution in [2.45, 2.75) is 43.4 Å². The SMILES string of the molecule is N[C@H]1[C@@H](C(=O)N(OC(=O)C(F)(F)F)c2ccc(F)c(C(F)(F)F)c2)[C@H]2CC[C@@H]1O2. The van der Waals surface area contributed by atoms with Crippen LogP contribution in [0.15, 0.2) is 18.2 Å². The van der Waals surface area contributed by atoms with Crippen molar-refractivity contribution in [2.75, 3.05) is 5.06 Å². The first-order valence-electron chi connectivity index (χ1n) is 8.21. The largest absolute Gasteiger partial charge is 0.493 e. The minimum atomic E-state index is -5.54. The quantitative estimate of drug-likeness (QED) is 0.577. The van der Waals surface area contributed by atoms with Crippen LogP contribution in [0.25, 0.3) is 0 Å². The van der Waals surface area contributed by atoms with Gasteiger partial charge in [-0.2, -0.15) is 26.3 Å². The number of nitrogens with zero attached hydrogens (tertiary/aromatic N) is 1. The number of carbonyl (C=O) groups is 2. The van der Waals surface area contributed by atoms with E-state index in [0.717, 1.165) is 0 Å². The van der Waals surface area contributed by atoms with Gasteiger partial charge in [0.25, 0.3) is 5.91 Å².